The van der Waals surface area contributed by atoms with Gasteiger partial charge < -0.3 is 0 Å². The monoisotopic (exact) mass is 323 g/mol. The predicted molar refractivity (Wildman–Crippen MR) is 102 cm³/mol. The minimum Gasteiger partial charge on any atom is -0.157 e. The molecule has 1 radical (unpaired) electrons. The molecule has 0 aromatic heterocycles. The standard InChI is InChI=1S/C18H33BClSi/c1-8-12-13-15-14(9-2)16(19(10-3)11-4)17(21(15)20)18(5,6)7/h8-13H2,1-7H3. The Morgan fingerprint density at radius 2 is 1.62 bits per heavy atom. The highest BCUT2D eigenvalue weighted by Gasteiger charge is 2.40. The summed E-state index contributed by atoms with van der Waals surface area (Å²) in [6.45, 7) is 17.0. The lowest BCUT2D eigenvalue weighted by Gasteiger charge is -2.28. The van der Waals surface area contributed by atoms with Gasteiger partial charge in [-0.15, -0.1) is 0 Å². The summed E-state index contributed by atoms with van der Waals surface area (Å²) in [5, 5.41) is 3.25. The Kier molecular flexibility index (Phi) is 7.33. The van der Waals surface area contributed by atoms with E-state index in [0.29, 0.717) is 6.71 Å². The summed E-state index contributed by atoms with van der Waals surface area (Å²) in [7, 11) is -1.01. The fourth-order valence-electron chi connectivity index (χ4n) is 3.61. The molecule has 0 spiro atoms. The Morgan fingerprint density at radius 3 is 2.00 bits per heavy atom. The van der Waals surface area contributed by atoms with Crippen LogP contribution in [0.4, 0.5) is 0 Å². The molecule has 0 N–H and O–H groups in total. The first-order valence-electron chi connectivity index (χ1n) is 8.83. The molecule has 0 saturated heterocycles. The maximum atomic E-state index is 7.08. The number of rotatable bonds is 7. The van der Waals surface area contributed by atoms with Crippen molar-refractivity contribution in [2.75, 3.05) is 0 Å². The van der Waals surface area contributed by atoms with Crippen molar-refractivity contribution in [3.8, 4) is 0 Å². The molecule has 0 atom stereocenters. The van der Waals surface area contributed by atoms with E-state index in [1.54, 1.807) is 21.4 Å². The number of halogens is 1. The van der Waals surface area contributed by atoms with Crippen LogP contribution in [0.2, 0.25) is 12.6 Å². The van der Waals surface area contributed by atoms with Crippen LogP contribution in [0, 0.1) is 5.41 Å². The van der Waals surface area contributed by atoms with E-state index in [1.807, 2.05) is 0 Å². The zero-order chi connectivity index (χ0) is 16.2. The lowest BCUT2D eigenvalue weighted by molar-refractivity contribution is 0.527. The predicted octanol–water partition coefficient (Wildman–Crippen LogP) is 6.62. The van der Waals surface area contributed by atoms with Gasteiger partial charge in [-0.2, -0.15) is 11.1 Å². The molecule has 0 bridgehead atoms. The normalized spacial score (nSPS) is 17.1. The fraction of sp³-hybridized carbons (Fsp3) is 0.778. The molecule has 0 aliphatic carbocycles. The second kappa shape index (κ2) is 8.06. The van der Waals surface area contributed by atoms with Crippen molar-refractivity contribution in [3.05, 3.63) is 21.4 Å². The van der Waals surface area contributed by atoms with E-state index in [9.17, 15) is 0 Å². The zero-order valence-corrected chi connectivity index (χ0v) is 17.0. The summed E-state index contributed by atoms with van der Waals surface area (Å²) in [6.07, 6.45) is 7.40. The smallest absolute Gasteiger partial charge is 0.157 e. The molecular formula is C18H33BClSi. The minimum atomic E-state index is -1.01. The average molecular weight is 324 g/mol. The Labute approximate surface area is 139 Å². The highest BCUT2D eigenvalue weighted by atomic mass is 35.6. The Bertz CT molecular complexity index is 413. The third kappa shape index (κ3) is 4.07. The van der Waals surface area contributed by atoms with E-state index in [-0.39, 0.29) is 5.41 Å². The van der Waals surface area contributed by atoms with Crippen molar-refractivity contribution in [2.24, 2.45) is 5.41 Å². The molecule has 0 unspecified atom stereocenters. The first kappa shape index (κ1) is 19.1. The van der Waals surface area contributed by atoms with E-state index < -0.39 is 8.11 Å². The van der Waals surface area contributed by atoms with Crippen molar-refractivity contribution >= 4 is 25.9 Å². The van der Waals surface area contributed by atoms with Gasteiger partial charge >= 0.3 is 0 Å². The molecule has 119 valence electrons. The van der Waals surface area contributed by atoms with Crippen molar-refractivity contribution < 1.29 is 0 Å². The maximum Gasteiger partial charge on any atom is 0.226 e. The fourth-order valence-corrected chi connectivity index (χ4v) is 7.92. The molecule has 21 heavy (non-hydrogen) atoms. The van der Waals surface area contributed by atoms with Gasteiger partial charge in [-0.1, -0.05) is 95.4 Å². The van der Waals surface area contributed by atoms with E-state index in [2.05, 4.69) is 48.5 Å². The second-order valence-electron chi connectivity index (χ2n) is 7.28. The molecule has 0 amide bonds. The molecule has 0 aromatic rings. The van der Waals surface area contributed by atoms with Crippen molar-refractivity contribution in [2.45, 2.75) is 86.8 Å². The van der Waals surface area contributed by atoms with Gasteiger partial charge in [0.2, 0.25) is 8.11 Å². The summed E-state index contributed by atoms with van der Waals surface area (Å²) >= 11 is 7.08. The molecule has 0 aromatic carbocycles. The van der Waals surface area contributed by atoms with Crippen LogP contribution in [-0.2, 0) is 0 Å². The Balaban J connectivity index is 3.38. The van der Waals surface area contributed by atoms with Crippen LogP contribution < -0.4 is 0 Å². The van der Waals surface area contributed by atoms with Crippen LogP contribution in [0.5, 0.6) is 0 Å². The molecule has 1 heterocycles. The van der Waals surface area contributed by atoms with Gasteiger partial charge in [-0.3, -0.25) is 0 Å². The van der Waals surface area contributed by atoms with Gasteiger partial charge in [-0.25, -0.2) is 0 Å². The first-order valence-corrected chi connectivity index (χ1v) is 11.3. The lowest BCUT2D eigenvalue weighted by Crippen LogP contribution is -2.26. The molecule has 0 fully saturated rings. The van der Waals surface area contributed by atoms with Gasteiger partial charge in [0.15, 0.2) is 6.71 Å². The minimum absolute atomic E-state index is 0.211. The molecule has 1 aliphatic rings. The van der Waals surface area contributed by atoms with Crippen molar-refractivity contribution in [3.63, 3.8) is 0 Å². The third-order valence-corrected chi connectivity index (χ3v) is 8.51. The molecular weight excluding hydrogens is 291 g/mol. The first-order chi connectivity index (χ1) is 9.83. The van der Waals surface area contributed by atoms with Crippen molar-refractivity contribution in [1.29, 1.82) is 0 Å². The molecule has 3 heteroatoms. The van der Waals surface area contributed by atoms with E-state index in [4.69, 9.17) is 11.1 Å². The van der Waals surface area contributed by atoms with E-state index in [0.717, 1.165) is 6.42 Å². The zero-order valence-electron chi connectivity index (χ0n) is 15.2. The van der Waals surface area contributed by atoms with Crippen LogP contribution in [0.1, 0.15) is 74.1 Å². The second-order valence-corrected chi connectivity index (χ2v) is 10.1. The van der Waals surface area contributed by atoms with Crippen LogP contribution in [-0.4, -0.2) is 14.8 Å². The van der Waals surface area contributed by atoms with E-state index in [1.165, 1.54) is 31.9 Å². The highest BCUT2D eigenvalue weighted by Crippen LogP contribution is 2.46. The highest BCUT2D eigenvalue weighted by molar-refractivity contribution is 7.16. The molecule has 1 rings (SSSR count). The van der Waals surface area contributed by atoms with Crippen LogP contribution >= 0.6 is 11.1 Å². The van der Waals surface area contributed by atoms with E-state index >= 15 is 0 Å². The lowest BCUT2D eigenvalue weighted by atomic mass is 9.38. The quantitative estimate of drug-likeness (QED) is 0.364. The number of hydrogen-bond acceptors (Lipinski definition) is 0. The molecule has 0 saturated carbocycles. The van der Waals surface area contributed by atoms with Gasteiger partial charge in [0, 0.05) is 0 Å². The van der Waals surface area contributed by atoms with Gasteiger partial charge in [0.1, 0.15) is 0 Å². The largest absolute Gasteiger partial charge is 0.226 e. The number of unbranched alkanes of at least 4 members (excludes halogenated alkanes) is 1. The summed E-state index contributed by atoms with van der Waals surface area (Å²) in [5.74, 6) is 0. The molecule has 1 aliphatic heterocycles. The third-order valence-electron chi connectivity index (χ3n) is 4.72. The van der Waals surface area contributed by atoms with Crippen LogP contribution in [0.3, 0.4) is 0 Å². The number of allylic oxidation sites excluding steroid dienone is 4. The molecule has 0 nitrogen and oxygen atoms in total. The van der Waals surface area contributed by atoms with Gasteiger partial charge in [0.05, 0.1) is 0 Å². The summed E-state index contributed by atoms with van der Waals surface area (Å²) < 4.78 is 0. The SMILES string of the molecule is CCCCC1=C(CC)C(B(CC)CC)=C(C(C)(C)C)[Si]1Cl. The van der Waals surface area contributed by atoms with Crippen LogP contribution in [0.15, 0.2) is 21.4 Å². The van der Waals surface area contributed by atoms with Crippen molar-refractivity contribution in [1.82, 2.24) is 0 Å². The number of hydrogen-bond donors (Lipinski definition) is 0. The summed E-state index contributed by atoms with van der Waals surface area (Å²) in [4.78, 5) is 0. The van der Waals surface area contributed by atoms with Gasteiger partial charge in [-0.05, 0) is 18.3 Å². The topological polar surface area (TPSA) is 0 Å². The maximum absolute atomic E-state index is 7.08. The Hall–Kier alpha value is 0.0518. The average Bonchev–Trinajstić information content (AvgIpc) is 2.70. The summed E-state index contributed by atoms with van der Waals surface area (Å²) in [6, 6.07) is 0. The van der Waals surface area contributed by atoms with Crippen LogP contribution in [0.25, 0.3) is 0 Å². The summed E-state index contributed by atoms with van der Waals surface area (Å²) in [5.41, 5.74) is 3.53. The Morgan fingerprint density at radius 1 is 1.05 bits per heavy atom. The van der Waals surface area contributed by atoms with Gasteiger partial charge in [0.25, 0.3) is 0 Å².